The average molecular weight is 242 g/mol. The summed E-state index contributed by atoms with van der Waals surface area (Å²) in [6, 6.07) is 21.5. The van der Waals surface area contributed by atoms with Crippen LogP contribution in [0, 0.1) is 0 Å². The third-order valence-corrected chi connectivity index (χ3v) is 4.42. The minimum Gasteiger partial charge on any atom is -0.146 e. The van der Waals surface area contributed by atoms with E-state index >= 15 is 0 Å². The van der Waals surface area contributed by atoms with Crippen molar-refractivity contribution in [3.8, 4) is 0 Å². The van der Waals surface area contributed by atoms with Gasteiger partial charge in [0.25, 0.3) is 0 Å². The van der Waals surface area contributed by atoms with Gasteiger partial charge in [-0.2, -0.15) is 0 Å². The monoisotopic (exact) mass is 242 g/mol. The van der Waals surface area contributed by atoms with Crippen molar-refractivity contribution in [3.05, 3.63) is 71.8 Å². The maximum Gasteiger partial charge on any atom is 0.0628 e. The Morgan fingerprint density at radius 1 is 0.824 bits per heavy atom. The fraction of sp³-hybridized carbons (Fsp3) is 0.250. The number of hydrogen-bond donors (Lipinski definition) is 0. The summed E-state index contributed by atoms with van der Waals surface area (Å²) in [5.74, 6) is 1.11. The molecule has 0 saturated carbocycles. The summed E-state index contributed by atoms with van der Waals surface area (Å²) < 4.78 is 0.0528. The molecule has 0 aromatic heterocycles. The second-order valence-corrected chi connectivity index (χ2v) is 5.88. The molecule has 0 atom stereocenters. The molecule has 17 heavy (non-hydrogen) atoms. The van der Waals surface area contributed by atoms with E-state index in [1.807, 2.05) is 11.8 Å². The number of rotatable bonds is 4. The third-order valence-electron chi connectivity index (χ3n) is 3.08. The van der Waals surface area contributed by atoms with Gasteiger partial charge in [0.15, 0.2) is 0 Å². The lowest BCUT2D eigenvalue weighted by atomic mass is 9.92. The Morgan fingerprint density at radius 2 is 1.24 bits per heavy atom. The molecule has 0 unspecified atom stereocenters. The standard InChI is InChI=1S/C16H18S/c1-3-17-16(2,14-10-6-4-7-11-14)15-12-8-5-9-13-15/h4-13H,3H2,1-2H3. The van der Waals surface area contributed by atoms with E-state index in [9.17, 15) is 0 Å². The third kappa shape index (κ3) is 2.55. The first-order chi connectivity index (χ1) is 8.27. The van der Waals surface area contributed by atoms with Crippen LogP contribution < -0.4 is 0 Å². The molecule has 0 bridgehead atoms. The summed E-state index contributed by atoms with van der Waals surface area (Å²) >= 11 is 1.98. The van der Waals surface area contributed by atoms with Gasteiger partial charge in [-0.3, -0.25) is 0 Å². The molecule has 0 aliphatic rings. The second-order valence-electron chi connectivity index (χ2n) is 4.20. The highest BCUT2D eigenvalue weighted by Gasteiger charge is 2.28. The topological polar surface area (TPSA) is 0 Å². The Bertz CT molecular complexity index is 408. The molecule has 0 heterocycles. The van der Waals surface area contributed by atoms with Crippen molar-refractivity contribution in [2.24, 2.45) is 0 Å². The van der Waals surface area contributed by atoms with Gasteiger partial charge in [0, 0.05) is 0 Å². The van der Waals surface area contributed by atoms with Crippen LogP contribution in [0.1, 0.15) is 25.0 Å². The fourth-order valence-electron chi connectivity index (χ4n) is 2.13. The van der Waals surface area contributed by atoms with Gasteiger partial charge in [-0.25, -0.2) is 0 Å². The van der Waals surface area contributed by atoms with Gasteiger partial charge in [0.05, 0.1) is 4.75 Å². The zero-order valence-corrected chi connectivity index (χ0v) is 11.2. The van der Waals surface area contributed by atoms with Gasteiger partial charge in [-0.1, -0.05) is 67.6 Å². The van der Waals surface area contributed by atoms with Crippen molar-refractivity contribution in [1.29, 1.82) is 0 Å². The average Bonchev–Trinajstić information content (AvgIpc) is 2.41. The first-order valence-electron chi connectivity index (χ1n) is 6.02. The first-order valence-corrected chi connectivity index (χ1v) is 7.01. The Labute approximate surface area is 108 Å². The zero-order chi connectivity index (χ0) is 12.1. The van der Waals surface area contributed by atoms with Gasteiger partial charge >= 0.3 is 0 Å². The molecule has 2 aromatic rings. The van der Waals surface area contributed by atoms with E-state index in [1.165, 1.54) is 11.1 Å². The highest BCUT2D eigenvalue weighted by atomic mass is 32.2. The first kappa shape index (κ1) is 12.3. The maximum atomic E-state index is 2.31. The summed E-state index contributed by atoms with van der Waals surface area (Å²) in [5.41, 5.74) is 2.75. The Hall–Kier alpha value is -1.21. The lowest BCUT2D eigenvalue weighted by Gasteiger charge is -2.30. The van der Waals surface area contributed by atoms with Crippen molar-refractivity contribution in [2.75, 3.05) is 5.75 Å². The van der Waals surface area contributed by atoms with E-state index in [0.29, 0.717) is 0 Å². The molecule has 0 nitrogen and oxygen atoms in total. The van der Waals surface area contributed by atoms with E-state index in [0.717, 1.165) is 5.75 Å². The summed E-state index contributed by atoms with van der Waals surface area (Å²) in [4.78, 5) is 0. The molecule has 0 amide bonds. The molecule has 0 spiro atoms. The molecule has 0 saturated heterocycles. The van der Waals surface area contributed by atoms with Crippen LogP contribution in [0.3, 0.4) is 0 Å². The largest absolute Gasteiger partial charge is 0.146 e. The predicted octanol–water partition coefficient (Wildman–Crippen LogP) is 4.70. The molecule has 1 heteroatoms. The van der Waals surface area contributed by atoms with Gasteiger partial charge in [-0.05, 0) is 23.8 Å². The highest BCUT2D eigenvalue weighted by molar-refractivity contribution is 8.00. The molecule has 88 valence electrons. The minimum atomic E-state index is 0.0528. The van der Waals surface area contributed by atoms with Crippen LogP contribution in [0.4, 0.5) is 0 Å². The zero-order valence-electron chi connectivity index (χ0n) is 10.4. The van der Waals surface area contributed by atoms with Crippen LogP contribution in [-0.4, -0.2) is 5.75 Å². The predicted molar refractivity (Wildman–Crippen MR) is 77.5 cm³/mol. The van der Waals surface area contributed by atoms with Crippen LogP contribution in [0.25, 0.3) is 0 Å². The molecule has 0 aliphatic heterocycles. The van der Waals surface area contributed by atoms with Gasteiger partial charge in [0.2, 0.25) is 0 Å². The van der Waals surface area contributed by atoms with Crippen LogP contribution in [0.15, 0.2) is 60.7 Å². The van der Waals surface area contributed by atoms with Crippen molar-refractivity contribution in [2.45, 2.75) is 18.6 Å². The molecular weight excluding hydrogens is 224 g/mol. The van der Waals surface area contributed by atoms with E-state index in [2.05, 4.69) is 74.5 Å². The molecule has 2 aromatic carbocycles. The minimum absolute atomic E-state index is 0.0528. The molecule has 0 N–H and O–H groups in total. The van der Waals surface area contributed by atoms with Crippen molar-refractivity contribution >= 4 is 11.8 Å². The van der Waals surface area contributed by atoms with Crippen LogP contribution in [-0.2, 0) is 4.75 Å². The molecule has 0 radical (unpaired) electrons. The van der Waals surface area contributed by atoms with E-state index in [-0.39, 0.29) is 4.75 Å². The molecule has 2 rings (SSSR count). The van der Waals surface area contributed by atoms with E-state index < -0.39 is 0 Å². The lowest BCUT2D eigenvalue weighted by Crippen LogP contribution is -2.19. The lowest BCUT2D eigenvalue weighted by molar-refractivity contribution is 0.839. The number of benzene rings is 2. The number of hydrogen-bond acceptors (Lipinski definition) is 1. The summed E-state index contributed by atoms with van der Waals surface area (Å²) in [6.07, 6.45) is 0. The van der Waals surface area contributed by atoms with Gasteiger partial charge in [0.1, 0.15) is 0 Å². The quantitative estimate of drug-likeness (QED) is 0.748. The van der Waals surface area contributed by atoms with Crippen molar-refractivity contribution < 1.29 is 0 Å². The molecular formula is C16H18S. The maximum absolute atomic E-state index is 2.31. The van der Waals surface area contributed by atoms with E-state index in [4.69, 9.17) is 0 Å². The molecule has 0 fully saturated rings. The fourth-order valence-corrected chi connectivity index (χ4v) is 3.32. The molecule has 0 aliphatic carbocycles. The SMILES string of the molecule is CCSC(C)(c1ccccc1)c1ccccc1. The smallest absolute Gasteiger partial charge is 0.0628 e. The highest BCUT2D eigenvalue weighted by Crippen LogP contribution is 2.41. The summed E-state index contributed by atoms with van der Waals surface area (Å²) in [6.45, 7) is 4.53. The Morgan fingerprint density at radius 3 is 1.59 bits per heavy atom. The Kier molecular flexibility index (Phi) is 3.90. The normalized spacial score (nSPS) is 11.4. The van der Waals surface area contributed by atoms with Crippen LogP contribution >= 0.6 is 11.8 Å². The van der Waals surface area contributed by atoms with Crippen molar-refractivity contribution in [3.63, 3.8) is 0 Å². The Balaban J connectivity index is 2.47. The van der Waals surface area contributed by atoms with E-state index in [1.54, 1.807) is 0 Å². The van der Waals surface area contributed by atoms with Crippen molar-refractivity contribution in [1.82, 2.24) is 0 Å². The van der Waals surface area contributed by atoms with Crippen LogP contribution in [0.5, 0.6) is 0 Å². The summed E-state index contributed by atoms with van der Waals surface area (Å²) in [5, 5.41) is 0. The second kappa shape index (κ2) is 5.42. The van der Waals surface area contributed by atoms with Gasteiger partial charge < -0.3 is 0 Å². The van der Waals surface area contributed by atoms with Crippen LogP contribution in [0.2, 0.25) is 0 Å². The number of thioether (sulfide) groups is 1. The van der Waals surface area contributed by atoms with Gasteiger partial charge in [-0.15, -0.1) is 11.8 Å². The summed E-state index contributed by atoms with van der Waals surface area (Å²) in [7, 11) is 0.